The Morgan fingerprint density at radius 1 is 0.889 bits per heavy atom. The summed E-state index contributed by atoms with van der Waals surface area (Å²) in [5, 5.41) is 0. The number of hydrogen-bond acceptors (Lipinski definition) is 1. The highest BCUT2D eigenvalue weighted by Gasteiger charge is 2.57. The van der Waals surface area contributed by atoms with Crippen molar-refractivity contribution >= 4 is 0 Å². The van der Waals surface area contributed by atoms with Gasteiger partial charge in [-0.2, -0.15) is 0 Å². The van der Waals surface area contributed by atoms with Crippen LogP contribution in [0.2, 0.25) is 0 Å². The molecule has 0 aromatic rings. The summed E-state index contributed by atoms with van der Waals surface area (Å²) in [4.78, 5) is 0. The first kappa shape index (κ1) is 11.8. The van der Waals surface area contributed by atoms with Gasteiger partial charge in [-0.1, -0.05) is 12.8 Å². The fourth-order valence-corrected chi connectivity index (χ4v) is 6.99. The van der Waals surface area contributed by atoms with E-state index in [4.69, 9.17) is 5.73 Å². The van der Waals surface area contributed by atoms with Gasteiger partial charge in [-0.25, -0.2) is 0 Å². The molecule has 5 rings (SSSR count). The van der Waals surface area contributed by atoms with Gasteiger partial charge in [0.25, 0.3) is 0 Å². The van der Waals surface area contributed by atoms with Crippen molar-refractivity contribution in [2.45, 2.75) is 70.8 Å². The Morgan fingerprint density at radius 3 is 1.83 bits per heavy atom. The quantitative estimate of drug-likeness (QED) is 0.785. The first-order chi connectivity index (χ1) is 8.69. The molecule has 4 bridgehead atoms. The first-order valence-corrected chi connectivity index (χ1v) is 8.44. The van der Waals surface area contributed by atoms with E-state index >= 15 is 0 Å². The van der Waals surface area contributed by atoms with Crippen molar-refractivity contribution in [3.05, 3.63) is 0 Å². The van der Waals surface area contributed by atoms with Crippen LogP contribution >= 0.6 is 0 Å². The Morgan fingerprint density at radius 2 is 1.39 bits per heavy atom. The fourth-order valence-electron chi connectivity index (χ4n) is 6.99. The van der Waals surface area contributed by atoms with Crippen LogP contribution in [0.1, 0.15) is 64.7 Å². The van der Waals surface area contributed by atoms with Gasteiger partial charge in [-0.05, 0) is 86.9 Å². The zero-order valence-electron chi connectivity index (χ0n) is 11.9. The molecule has 5 saturated carbocycles. The fraction of sp³-hybridized carbons (Fsp3) is 1.00. The van der Waals surface area contributed by atoms with Gasteiger partial charge in [0.2, 0.25) is 0 Å². The van der Waals surface area contributed by atoms with Crippen molar-refractivity contribution in [1.29, 1.82) is 0 Å². The molecule has 2 N–H and O–H groups in total. The summed E-state index contributed by atoms with van der Waals surface area (Å²) < 4.78 is 0. The van der Waals surface area contributed by atoms with Crippen molar-refractivity contribution in [2.75, 3.05) is 0 Å². The summed E-state index contributed by atoms with van der Waals surface area (Å²) in [6, 6.07) is 0.433. The van der Waals surface area contributed by atoms with E-state index in [1.807, 2.05) is 0 Å². The number of nitrogens with two attached hydrogens (primary N) is 1. The zero-order chi connectivity index (χ0) is 12.3. The number of rotatable bonds is 2. The lowest BCUT2D eigenvalue weighted by Crippen LogP contribution is -2.55. The second kappa shape index (κ2) is 3.98. The minimum Gasteiger partial charge on any atom is -0.327 e. The summed E-state index contributed by atoms with van der Waals surface area (Å²) >= 11 is 0. The van der Waals surface area contributed by atoms with E-state index in [9.17, 15) is 0 Å². The highest BCUT2D eigenvalue weighted by atomic mass is 14.7. The van der Waals surface area contributed by atoms with E-state index in [-0.39, 0.29) is 0 Å². The average molecular weight is 247 g/mol. The van der Waals surface area contributed by atoms with Crippen molar-refractivity contribution < 1.29 is 0 Å². The summed E-state index contributed by atoms with van der Waals surface area (Å²) in [5.41, 5.74) is 7.06. The molecule has 1 atom stereocenters. The van der Waals surface area contributed by atoms with Crippen molar-refractivity contribution in [3.8, 4) is 0 Å². The molecule has 0 aliphatic heterocycles. The first-order valence-electron chi connectivity index (χ1n) is 8.44. The minimum atomic E-state index is 0.433. The summed E-state index contributed by atoms with van der Waals surface area (Å²) in [6.07, 6.45) is 13.6. The Kier molecular flexibility index (Phi) is 2.60. The van der Waals surface area contributed by atoms with Crippen LogP contribution in [0.3, 0.4) is 0 Å². The van der Waals surface area contributed by atoms with Crippen LogP contribution in [0, 0.1) is 35.0 Å². The maximum absolute atomic E-state index is 6.51. The molecule has 5 aliphatic carbocycles. The van der Waals surface area contributed by atoms with Gasteiger partial charge in [-0.15, -0.1) is 0 Å². The van der Waals surface area contributed by atoms with Crippen LogP contribution in [0.25, 0.3) is 0 Å². The Balaban J connectivity index is 1.67. The molecule has 0 spiro atoms. The molecular formula is C17H29N. The van der Waals surface area contributed by atoms with Gasteiger partial charge >= 0.3 is 0 Å². The van der Waals surface area contributed by atoms with Gasteiger partial charge in [0.1, 0.15) is 0 Å². The second-order valence-electron chi connectivity index (χ2n) is 8.19. The SMILES string of the molecule is CC(N)C1(C2C3CC4CC(C3)CC2C4)CCCC1. The van der Waals surface area contributed by atoms with Crippen LogP contribution in [0.4, 0.5) is 0 Å². The smallest absolute Gasteiger partial charge is 0.00698 e. The molecule has 5 aliphatic rings. The average Bonchev–Trinajstić information content (AvgIpc) is 2.77. The summed E-state index contributed by atoms with van der Waals surface area (Å²) in [6.45, 7) is 2.32. The molecule has 5 fully saturated rings. The molecule has 18 heavy (non-hydrogen) atoms. The third kappa shape index (κ3) is 1.49. The lowest BCUT2D eigenvalue weighted by Gasteiger charge is -2.60. The van der Waals surface area contributed by atoms with Crippen LogP contribution in [0.5, 0.6) is 0 Å². The Bertz CT molecular complexity index is 299. The Labute approximate surface area is 112 Å². The number of hydrogen-bond donors (Lipinski definition) is 1. The van der Waals surface area contributed by atoms with Gasteiger partial charge in [0.05, 0.1) is 0 Å². The topological polar surface area (TPSA) is 26.0 Å². The molecule has 1 heteroatoms. The standard InChI is InChI=1S/C17H29N/c1-11(18)17(4-2-3-5-17)16-14-7-12-6-13(9-14)10-15(16)8-12/h11-16H,2-10,18H2,1H3. The van der Waals surface area contributed by atoms with Crippen LogP contribution in [-0.4, -0.2) is 6.04 Å². The maximum atomic E-state index is 6.51. The van der Waals surface area contributed by atoms with E-state index < -0.39 is 0 Å². The molecule has 0 heterocycles. The maximum Gasteiger partial charge on any atom is 0.00698 e. The second-order valence-corrected chi connectivity index (χ2v) is 8.19. The summed E-state index contributed by atoms with van der Waals surface area (Å²) in [7, 11) is 0. The zero-order valence-corrected chi connectivity index (χ0v) is 11.9. The predicted molar refractivity (Wildman–Crippen MR) is 75.1 cm³/mol. The minimum absolute atomic E-state index is 0.433. The van der Waals surface area contributed by atoms with E-state index in [0.717, 1.165) is 29.6 Å². The van der Waals surface area contributed by atoms with E-state index in [1.165, 1.54) is 25.7 Å². The van der Waals surface area contributed by atoms with Gasteiger partial charge < -0.3 is 5.73 Å². The largest absolute Gasteiger partial charge is 0.327 e. The molecular weight excluding hydrogens is 218 g/mol. The van der Waals surface area contributed by atoms with Crippen molar-refractivity contribution in [3.63, 3.8) is 0 Å². The normalized spacial score (nSPS) is 50.7. The molecule has 1 nitrogen and oxygen atoms in total. The van der Waals surface area contributed by atoms with E-state index in [1.54, 1.807) is 32.1 Å². The van der Waals surface area contributed by atoms with Crippen LogP contribution in [-0.2, 0) is 0 Å². The van der Waals surface area contributed by atoms with Crippen LogP contribution < -0.4 is 5.73 Å². The molecule has 0 radical (unpaired) electrons. The Hall–Kier alpha value is -0.0400. The lowest BCUT2D eigenvalue weighted by molar-refractivity contribution is -0.102. The molecule has 0 saturated heterocycles. The van der Waals surface area contributed by atoms with Crippen molar-refractivity contribution in [2.24, 2.45) is 40.7 Å². The van der Waals surface area contributed by atoms with Gasteiger partial charge in [0, 0.05) is 6.04 Å². The molecule has 1 unspecified atom stereocenters. The third-order valence-electron chi connectivity index (χ3n) is 7.33. The van der Waals surface area contributed by atoms with E-state index in [0.29, 0.717) is 11.5 Å². The highest BCUT2D eigenvalue weighted by molar-refractivity contribution is 5.07. The molecule has 0 amide bonds. The van der Waals surface area contributed by atoms with E-state index in [2.05, 4.69) is 6.92 Å². The van der Waals surface area contributed by atoms with Crippen molar-refractivity contribution in [1.82, 2.24) is 0 Å². The molecule has 102 valence electrons. The van der Waals surface area contributed by atoms with Crippen LogP contribution in [0.15, 0.2) is 0 Å². The van der Waals surface area contributed by atoms with Gasteiger partial charge in [0.15, 0.2) is 0 Å². The monoisotopic (exact) mass is 247 g/mol. The summed E-state index contributed by atoms with van der Waals surface area (Å²) in [5.74, 6) is 5.34. The lowest BCUT2D eigenvalue weighted by atomic mass is 9.45. The third-order valence-corrected chi connectivity index (χ3v) is 7.33. The predicted octanol–water partition coefficient (Wildman–Crippen LogP) is 3.97. The van der Waals surface area contributed by atoms with Gasteiger partial charge in [-0.3, -0.25) is 0 Å². The highest BCUT2D eigenvalue weighted by Crippen LogP contribution is 2.64. The molecule has 0 aromatic heterocycles. The molecule has 0 aromatic carbocycles.